The molecule has 6 rings (SSSR count). The summed E-state index contributed by atoms with van der Waals surface area (Å²) in [7, 11) is 0. The van der Waals surface area contributed by atoms with Gasteiger partial charge in [-0.1, -0.05) is 12.1 Å². The number of halogens is 2. The molecule has 3 aromatic heterocycles. The van der Waals surface area contributed by atoms with Gasteiger partial charge in [-0.05, 0) is 31.9 Å². The van der Waals surface area contributed by atoms with Gasteiger partial charge in [-0.2, -0.15) is 9.61 Å². The second kappa shape index (κ2) is 8.12. The number of ether oxygens (including phenoxy) is 1. The van der Waals surface area contributed by atoms with Crippen LogP contribution in [0, 0.1) is 6.92 Å². The fourth-order valence-electron chi connectivity index (χ4n) is 4.66. The van der Waals surface area contributed by atoms with Crippen molar-refractivity contribution in [3.05, 3.63) is 42.1 Å². The molecule has 0 saturated carbocycles. The average Bonchev–Trinajstić information content (AvgIpc) is 3.42. The zero-order valence-electron chi connectivity index (χ0n) is 18.8. The molecule has 0 radical (unpaired) electrons. The second-order valence-corrected chi connectivity index (χ2v) is 9.00. The number of alkyl halides is 2. The molecule has 34 heavy (non-hydrogen) atoms. The first kappa shape index (κ1) is 21.2. The molecule has 1 aromatic carbocycles. The van der Waals surface area contributed by atoms with Crippen LogP contribution in [0.15, 0.2) is 36.4 Å². The van der Waals surface area contributed by atoms with Crippen LogP contribution in [0.25, 0.3) is 28.1 Å². The third-order valence-corrected chi connectivity index (χ3v) is 6.47. The van der Waals surface area contributed by atoms with Crippen LogP contribution in [0.4, 0.5) is 20.4 Å². The van der Waals surface area contributed by atoms with Gasteiger partial charge in [0.1, 0.15) is 23.0 Å². The van der Waals surface area contributed by atoms with Crippen molar-refractivity contribution in [2.24, 2.45) is 0 Å². The zero-order chi connectivity index (χ0) is 23.3. The Hall–Kier alpha value is -3.40. The van der Waals surface area contributed by atoms with E-state index in [0.29, 0.717) is 36.1 Å². The Balaban J connectivity index is 1.45. The largest absolute Gasteiger partial charge is 0.381 e. The molecular weight excluding hydrogens is 440 g/mol. The van der Waals surface area contributed by atoms with E-state index in [9.17, 15) is 8.78 Å². The van der Waals surface area contributed by atoms with E-state index in [2.05, 4.69) is 10.3 Å². The van der Waals surface area contributed by atoms with Crippen LogP contribution in [-0.4, -0.2) is 62.8 Å². The van der Waals surface area contributed by atoms with Crippen molar-refractivity contribution < 1.29 is 13.5 Å². The number of anilines is 2. The molecule has 2 fully saturated rings. The molecule has 176 valence electrons. The maximum Gasteiger partial charge on any atom is 0.266 e. The number of hydrogen-bond acceptors (Lipinski definition) is 7. The van der Waals surface area contributed by atoms with Gasteiger partial charge >= 0.3 is 0 Å². The predicted molar refractivity (Wildman–Crippen MR) is 125 cm³/mol. The highest BCUT2D eigenvalue weighted by Crippen LogP contribution is 2.33. The number of rotatable bonds is 4. The molecule has 1 N–H and O–H groups in total. The Morgan fingerprint density at radius 1 is 1.06 bits per heavy atom. The lowest BCUT2D eigenvalue weighted by Gasteiger charge is -2.25. The molecule has 0 amide bonds. The fraction of sp³-hybridized carbons (Fsp3) is 0.417. The average molecular weight is 466 g/mol. The van der Waals surface area contributed by atoms with Crippen LogP contribution in [0.5, 0.6) is 0 Å². The van der Waals surface area contributed by atoms with E-state index < -0.39 is 5.92 Å². The number of nitrogens with one attached hydrogen (secondary N) is 1. The van der Waals surface area contributed by atoms with Gasteiger partial charge in [-0.25, -0.2) is 23.7 Å². The summed E-state index contributed by atoms with van der Waals surface area (Å²) < 4.78 is 35.1. The quantitative estimate of drug-likeness (QED) is 0.486. The summed E-state index contributed by atoms with van der Waals surface area (Å²) in [6.45, 7) is 3.22. The topological polar surface area (TPSA) is 80.5 Å². The fourth-order valence-corrected chi connectivity index (χ4v) is 4.66. The zero-order valence-corrected chi connectivity index (χ0v) is 18.8. The first-order chi connectivity index (χ1) is 16.4. The Bertz CT molecular complexity index is 1370. The number of benzene rings is 1. The van der Waals surface area contributed by atoms with E-state index in [1.54, 1.807) is 9.42 Å². The minimum atomic E-state index is -2.70. The smallest absolute Gasteiger partial charge is 0.266 e. The summed E-state index contributed by atoms with van der Waals surface area (Å²) in [4.78, 5) is 15.8. The monoisotopic (exact) mass is 465 g/mol. The van der Waals surface area contributed by atoms with E-state index in [-0.39, 0.29) is 25.6 Å². The van der Waals surface area contributed by atoms with Crippen molar-refractivity contribution in [3.63, 3.8) is 0 Å². The maximum absolute atomic E-state index is 13.9. The molecule has 2 saturated heterocycles. The minimum absolute atomic E-state index is 0.168. The van der Waals surface area contributed by atoms with Crippen LogP contribution >= 0.6 is 0 Å². The Morgan fingerprint density at radius 3 is 2.56 bits per heavy atom. The molecule has 2 aliphatic heterocycles. The Labute approximate surface area is 195 Å². The highest BCUT2D eigenvalue weighted by atomic mass is 19.3. The van der Waals surface area contributed by atoms with Crippen LogP contribution in [-0.2, 0) is 4.74 Å². The van der Waals surface area contributed by atoms with E-state index in [1.165, 1.54) is 0 Å². The number of aryl methyl sites for hydroxylation is 1. The van der Waals surface area contributed by atoms with Crippen molar-refractivity contribution in [1.29, 1.82) is 0 Å². The Morgan fingerprint density at radius 2 is 1.82 bits per heavy atom. The van der Waals surface area contributed by atoms with Gasteiger partial charge in [0.05, 0.1) is 23.3 Å². The normalized spacial score (nSPS) is 18.7. The summed E-state index contributed by atoms with van der Waals surface area (Å²) in [6, 6.07) is 11.6. The number of para-hydroxylation sites is 2. The molecule has 10 heteroatoms. The maximum atomic E-state index is 13.9. The first-order valence-corrected chi connectivity index (χ1v) is 11.6. The molecule has 5 heterocycles. The lowest BCUT2D eigenvalue weighted by Crippen LogP contribution is -2.29. The van der Waals surface area contributed by atoms with E-state index >= 15 is 0 Å². The van der Waals surface area contributed by atoms with Gasteiger partial charge in [0.15, 0.2) is 5.65 Å². The first-order valence-electron chi connectivity index (χ1n) is 11.6. The molecule has 0 bridgehead atoms. The third-order valence-electron chi connectivity index (χ3n) is 6.47. The number of aromatic nitrogens is 5. The SMILES string of the molecule is Cc1nc2ccccc2nc1-c1cc2nc(N3CCC(F)(F)C3)cc(NC3CCOCC3)n2n1. The van der Waals surface area contributed by atoms with Gasteiger partial charge in [0, 0.05) is 44.4 Å². The summed E-state index contributed by atoms with van der Waals surface area (Å²) in [5.74, 6) is -1.46. The Kier molecular flexibility index (Phi) is 5.05. The number of fused-ring (bicyclic) bond motifs is 2. The summed E-state index contributed by atoms with van der Waals surface area (Å²) >= 11 is 0. The highest BCUT2D eigenvalue weighted by molar-refractivity contribution is 5.78. The summed E-state index contributed by atoms with van der Waals surface area (Å²) in [5.41, 5.74) is 4.27. The number of hydrogen-bond donors (Lipinski definition) is 1. The molecule has 0 unspecified atom stereocenters. The molecule has 0 atom stereocenters. The van der Waals surface area contributed by atoms with Crippen molar-refractivity contribution in [2.75, 3.05) is 36.5 Å². The predicted octanol–water partition coefficient (Wildman–Crippen LogP) is 4.08. The third kappa shape index (κ3) is 3.91. The molecule has 0 aliphatic carbocycles. The molecular formula is C24H25F2N7O. The summed E-state index contributed by atoms with van der Waals surface area (Å²) in [6.07, 6.45) is 1.56. The van der Waals surface area contributed by atoms with Gasteiger partial charge in [-0.3, -0.25) is 0 Å². The van der Waals surface area contributed by atoms with Crippen molar-refractivity contribution in [2.45, 2.75) is 38.2 Å². The minimum Gasteiger partial charge on any atom is -0.381 e. The summed E-state index contributed by atoms with van der Waals surface area (Å²) in [5, 5.41) is 8.35. The van der Waals surface area contributed by atoms with Crippen molar-refractivity contribution in [3.8, 4) is 11.4 Å². The lowest BCUT2D eigenvalue weighted by molar-refractivity contribution is 0.0256. The van der Waals surface area contributed by atoms with Gasteiger partial charge in [0.2, 0.25) is 0 Å². The van der Waals surface area contributed by atoms with Gasteiger partial charge in [-0.15, -0.1) is 0 Å². The van der Waals surface area contributed by atoms with E-state index in [0.717, 1.165) is 35.4 Å². The number of nitrogens with zero attached hydrogens (tertiary/aromatic N) is 6. The highest BCUT2D eigenvalue weighted by Gasteiger charge is 2.39. The standard InChI is InChI=1S/C24H25F2N7O/c1-15-23(29-18-5-3-2-4-17(18)27-15)19-12-21-30-20(32-9-8-24(25,26)14-32)13-22(33(21)31-19)28-16-6-10-34-11-7-16/h2-5,12-13,16,28H,6-11,14H2,1H3. The van der Waals surface area contributed by atoms with Crippen molar-refractivity contribution in [1.82, 2.24) is 24.6 Å². The lowest BCUT2D eigenvalue weighted by atomic mass is 10.1. The van der Waals surface area contributed by atoms with E-state index in [4.69, 9.17) is 19.8 Å². The molecule has 0 spiro atoms. The molecule has 2 aliphatic rings. The molecule has 4 aromatic rings. The molecule has 8 nitrogen and oxygen atoms in total. The van der Waals surface area contributed by atoms with Crippen molar-refractivity contribution >= 4 is 28.3 Å². The van der Waals surface area contributed by atoms with E-state index in [1.807, 2.05) is 43.3 Å². The second-order valence-electron chi connectivity index (χ2n) is 9.00. The van der Waals surface area contributed by atoms with Crippen LogP contribution in [0.3, 0.4) is 0 Å². The van der Waals surface area contributed by atoms with Crippen LogP contribution in [0.1, 0.15) is 25.0 Å². The van der Waals surface area contributed by atoms with Gasteiger partial charge < -0.3 is 15.0 Å². The van der Waals surface area contributed by atoms with Crippen LogP contribution < -0.4 is 10.2 Å². The van der Waals surface area contributed by atoms with Gasteiger partial charge in [0.25, 0.3) is 5.92 Å². The van der Waals surface area contributed by atoms with Crippen LogP contribution in [0.2, 0.25) is 0 Å².